The Balaban J connectivity index is 1.48. The van der Waals surface area contributed by atoms with Crippen LogP contribution in [-0.4, -0.2) is 93.3 Å². The summed E-state index contributed by atoms with van der Waals surface area (Å²) in [6, 6.07) is 3.34. The van der Waals surface area contributed by atoms with Gasteiger partial charge < -0.3 is 14.8 Å². The second-order valence-electron chi connectivity index (χ2n) is 8.97. The quantitative estimate of drug-likeness (QED) is 0.323. The number of methoxy groups -OCH3 is 2. The van der Waals surface area contributed by atoms with Crippen LogP contribution in [0.3, 0.4) is 0 Å². The molecule has 1 saturated heterocycles. The van der Waals surface area contributed by atoms with Crippen molar-refractivity contribution < 1.29 is 31.4 Å². The van der Waals surface area contributed by atoms with E-state index in [-0.39, 0.29) is 29.3 Å². The molecule has 5 rings (SSSR count). The molecule has 38 heavy (non-hydrogen) atoms. The van der Waals surface area contributed by atoms with Crippen LogP contribution in [0.2, 0.25) is 0 Å². The van der Waals surface area contributed by atoms with E-state index in [1.807, 2.05) is 0 Å². The molecule has 0 unspecified atom stereocenters. The fourth-order valence-electron chi connectivity index (χ4n) is 4.64. The minimum atomic E-state index is -3.07. The number of hydrogen-bond donors (Lipinski definition) is 1. The van der Waals surface area contributed by atoms with Crippen molar-refractivity contribution in [2.75, 3.05) is 45.8 Å². The van der Waals surface area contributed by atoms with Crippen molar-refractivity contribution in [2.45, 2.75) is 31.4 Å². The van der Waals surface area contributed by atoms with Gasteiger partial charge in [-0.15, -0.1) is 10.2 Å². The minimum absolute atomic E-state index is 0.0527. The number of rotatable bonds is 9. The van der Waals surface area contributed by atoms with Gasteiger partial charge in [0.25, 0.3) is 12.3 Å². The first kappa shape index (κ1) is 26.0. The summed E-state index contributed by atoms with van der Waals surface area (Å²) in [6.07, 6.45) is -1.45. The highest BCUT2D eigenvalue weighted by Crippen LogP contribution is 2.36. The van der Waals surface area contributed by atoms with Crippen LogP contribution in [0.25, 0.3) is 27.7 Å². The first-order valence-electron chi connectivity index (χ1n) is 11.8. The van der Waals surface area contributed by atoms with Crippen LogP contribution in [0.4, 0.5) is 27.9 Å². The summed E-state index contributed by atoms with van der Waals surface area (Å²) in [5, 5.41) is 14.5. The number of benzene rings is 1. The molecule has 1 fully saturated rings. The van der Waals surface area contributed by atoms with Crippen molar-refractivity contribution in [1.29, 1.82) is 0 Å². The fourth-order valence-corrected chi connectivity index (χ4v) is 4.64. The molecule has 10 nitrogen and oxygen atoms in total. The van der Waals surface area contributed by atoms with Gasteiger partial charge in [0.15, 0.2) is 5.82 Å². The number of fused-ring (bicyclic) bond motifs is 2. The summed E-state index contributed by atoms with van der Waals surface area (Å²) < 4.78 is 83.4. The molecule has 4 heterocycles. The van der Waals surface area contributed by atoms with Gasteiger partial charge in [-0.2, -0.15) is 4.98 Å². The summed E-state index contributed by atoms with van der Waals surface area (Å²) in [4.78, 5) is 5.85. The Labute approximate surface area is 213 Å². The highest BCUT2D eigenvalue weighted by atomic mass is 19.3. The van der Waals surface area contributed by atoms with Gasteiger partial charge in [-0.1, -0.05) is 11.3 Å². The van der Waals surface area contributed by atoms with Crippen molar-refractivity contribution in [3.8, 4) is 17.0 Å². The molecule has 204 valence electrons. The summed E-state index contributed by atoms with van der Waals surface area (Å²) in [7, 11) is 2.83. The van der Waals surface area contributed by atoms with Gasteiger partial charge in [0, 0.05) is 20.2 Å². The van der Waals surface area contributed by atoms with Crippen LogP contribution >= 0.6 is 0 Å². The standard InChI is InChI=1S/C23H25F5N8O2/c1-37-8-7-34-6-5-17(23(27,28)12-34)29-22-30-21(38-2)20-19(14(24)10-36(20)32-22)13-3-4-15-16(9-13)35(33-31-15)11-18(25)26/h3-4,9-10,17-18H,5-8,11-12H2,1-2H3,(H,29,32)/t17-/m1/s1. The number of aromatic nitrogens is 6. The van der Waals surface area contributed by atoms with Gasteiger partial charge in [0.1, 0.15) is 17.6 Å². The Morgan fingerprint density at radius 2 is 2.05 bits per heavy atom. The SMILES string of the molecule is COCCN1CC[C@@H](Nc2nc(OC)c3c(-c4ccc5nnn(CC(F)F)c5c4)c(F)cn3n2)C(F)(F)C1. The summed E-state index contributed by atoms with van der Waals surface area (Å²) >= 11 is 0. The summed E-state index contributed by atoms with van der Waals surface area (Å²) in [5.41, 5.74) is 1.18. The lowest BCUT2D eigenvalue weighted by atomic mass is 10.0. The predicted octanol–water partition coefficient (Wildman–Crippen LogP) is 3.32. The minimum Gasteiger partial charge on any atom is -0.479 e. The molecule has 0 spiro atoms. The highest BCUT2D eigenvalue weighted by molar-refractivity contribution is 5.89. The average molecular weight is 540 g/mol. The van der Waals surface area contributed by atoms with E-state index >= 15 is 4.39 Å². The lowest BCUT2D eigenvalue weighted by Gasteiger charge is -2.38. The Kier molecular flexibility index (Phi) is 7.05. The van der Waals surface area contributed by atoms with Crippen molar-refractivity contribution in [2.24, 2.45) is 0 Å². The second-order valence-corrected chi connectivity index (χ2v) is 8.97. The maximum absolute atomic E-state index is 15.2. The van der Waals surface area contributed by atoms with E-state index in [1.165, 1.54) is 26.4 Å². The number of nitrogens with one attached hydrogen (secondary N) is 1. The topological polar surface area (TPSA) is 94.6 Å². The van der Waals surface area contributed by atoms with Gasteiger partial charge in [0.2, 0.25) is 11.8 Å². The Morgan fingerprint density at radius 3 is 2.76 bits per heavy atom. The zero-order chi connectivity index (χ0) is 27.0. The average Bonchev–Trinajstić information content (AvgIpc) is 3.42. The molecule has 3 aromatic heterocycles. The van der Waals surface area contributed by atoms with Crippen molar-refractivity contribution in [3.63, 3.8) is 0 Å². The molecule has 15 heteroatoms. The maximum Gasteiger partial charge on any atom is 0.280 e. The van der Waals surface area contributed by atoms with Crippen LogP contribution < -0.4 is 10.1 Å². The normalized spacial score (nSPS) is 18.1. The van der Waals surface area contributed by atoms with Crippen LogP contribution in [0.15, 0.2) is 24.4 Å². The number of alkyl halides is 4. The van der Waals surface area contributed by atoms with Crippen LogP contribution in [0, 0.1) is 5.82 Å². The highest BCUT2D eigenvalue weighted by Gasteiger charge is 2.45. The molecule has 0 radical (unpaired) electrons. The van der Waals surface area contributed by atoms with Crippen molar-refractivity contribution in [3.05, 3.63) is 30.2 Å². The third kappa shape index (κ3) is 4.95. The van der Waals surface area contributed by atoms with E-state index in [4.69, 9.17) is 9.47 Å². The Bertz CT molecular complexity index is 1440. The lowest BCUT2D eigenvalue weighted by molar-refractivity contribution is -0.0770. The Morgan fingerprint density at radius 1 is 1.24 bits per heavy atom. The molecular formula is C23H25F5N8O2. The molecule has 1 aliphatic rings. The maximum atomic E-state index is 15.2. The zero-order valence-corrected chi connectivity index (χ0v) is 20.5. The molecule has 1 aromatic carbocycles. The number of anilines is 1. The second kappa shape index (κ2) is 10.3. The van der Waals surface area contributed by atoms with E-state index in [2.05, 4.69) is 25.7 Å². The number of ether oxygens (including phenoxy) is 2. The van der Waals surface area contributed by atoms with Crippen LogP contribution in [-0.2, 0) is 11.3 Å². The predicted molar refractivity (Wildman–Crippen MR) is 127 cm³/mol. The van der Waals surface area contributed by atoms with E-state index in [0.29, 0.717) is 36.3 Å². The molecular weight excluding hydrogens is 515 g/mol. The molecule has 4 aromatic rings. The smallest absolute Gasteiger partial charge is 0.280 e. The summed E-state index contributed by atoms with van der Waals surface area (Å²) in [5.74, 6) is -3.98. The number of piperidine rings is 1. The zero-order valence-electron chi connectivity index (χ0n) is 20.5. The lowest BCUT2D eigenvalue weighted by Crippen LogP contribution is -2.55. The molecule has 1 N–H and O–H groups in total. The van der Waals surface area contributed by atoms with Gasteiger partial charge >= 0.3 is 0 Å². The molecule has 1 atom stereocenters. The van der Waals surface area contributed by atoms with Crippen LogP contribution in [0.5, 0.6) is 5.88 Å². The van der Waals surface area contributed by atoms with Crippen LogP contribution in [0.1, 0.15) is 6.42 Å². The van der Waals surface area contributed by atoms with Crippen molar-refractivity contribution in [1.82, 2.24) is 34.5 Å². The molecule has 0 bridgehead atoms. The number of hydrogen-bond acceptors (Lipinski definition) is 8. The Hall–Kier alpha value is -3.59. The monoisotopic (exact) mass is 540 g/mol. The van der Waals surface area contributed by atoms with Gasteiger partial charge in [-0.25, -0.2) is 31.1 Å². The third-order valence-electron chi connectivity index (χ3n) is 6.45. The number of nitrogens with zero attached hydrogens (tertiary/aromatic N) is 7. The van der Waals surface area contributed by atoms with Gasteiger partial charge in [-0.05, 0) is 24.1 Å². The summed E-state index contributed by atoms with van der Waals surface area (Å²) in [6.45, 7) is 0.0548. The number of halogens is 5. The van der Waals surface area contributed by atoms with E-state index in [1.54, 1.807) is 11.0 Å². The van der Waals surface area contributed by atoms with Gasteiger partial charge in [-0.3, -0.25) is 4.90 Å². The molecule has 1 aliphatic heterocycles. The van der Waals surface area contributed by atoms with Crippen molar-refractivity contribution >= 4 is 22.5 Å². The first-order valence-corrected chi connectivity index (χ1v) is 11.8. The first-order chi connectivity index (χ1) is 18.2. The fraction of sp³-hybridized carbons (Fsp3) is 0.478. The molecule has 0 amide bonds. The van der Waals surface area contributed by atoms with E-state index in [0.717, 1.165) is 15.4 Å². The van der Waals surface area contributed by atoms with E-state index in [9.17, 15) is 17.6 Å². The van der Waals surface area contributed by atoms with E-state index < -0.39 is 37.3 Å². The molecule has 0 aliphatic carbocycles. The van der Waals surface area contributed by atoms with Gasteiger partial charge in [0.05, 0.1) is 43.6 Å². The third-order valence-corrected chi connectivity index (χ3v) is 6.45. The number of likely N-dealkylation sites (tertiary alicyclic amines) is 1. The molecule has 0 saturated carbocycles. The largest absolute Gasteiger partial charge is 0.479 e.